The molecule has 1 aliphatic heterocycles. The minimum Gasteiger partial charge on any atom is -0.467 e. The maximum Gasteiger partial charge on any atom is 0.408 e. The number of methoxy groups -OCH3 is 1. The van der Waals surface area contributed by atoms with Gasteiger partial charge >= 0.3 is 12.1 Å². The lowest BCUT2D eigenvalue weighted by Gasteiger charge is -2.41. The molecule has 1 rings (SSSR count). The van der Waals surface area contributed by atoms with Gasteiger partial charge in [-0.1, -0.05) is 0 Å². The Kier molecular flexibility index (Phi) is 4.97. The predicted molar refractivity (Wildman–Crippen MR) is 70.9 cm³/mol. The summed E-state index contributed by atoms with van der Waals surface area (Å²) in [5.74, 6) is -0.745. The van der Waals surface area contributed by atoms with Gasteiger partial charge in [-0.3, -0.25) is 4.79 Å². The van der Waals surface area contributed by atoms with E-state index in [4.69, 9.17) is 4.74 Å². The average Bonchev–Trinajstić information content (AvgIpc) is 2.21. The first-order valence-corrected chi connectivity index (χ1v) is 6.47. The van der Waals surface area contributed by atoms with Gasteiger partial charge in [0, 0.05) is 25.9 Å². The van der Waals surface area contributed by atoms with Gasteiger partial charge in [0.2, 0.25) is 5.91 Å². The maximum absolute atomic E-state index is 11.7. The van der Waals surface area contributed by atoms with Crippen molar-refractivity contribution >= 4 is 18.0 Å². The third-order valence-corrected chi connectivity index (χ3v) is 2.95. The van der Waals surface area contributed by atoms with Crippen molar-refractivity contribution < 1.29 is 23.9 Å². The summed E-state index contributed by atoms with van der Waals surface area (Å²) >= 11 is 0. The van der Waals surface area contributed by atoms with Crippen LogP contribution in [0.4, 0.5) is 4.79 Å². The third-order valence-electron chi connectivity index (χ3n) is 2.95. The summed E-state index contributed by atoms with van der Waals surface area (Å²) in [5.41, 5.74) is -0.643. The monoisotopic (exact) mass is 286 g/mol. The van der Waals surface area contributed by atoms with E-state index in [-0.39, 0.29) is 11.8 Å². The van der Waals surface area contributed by atoms with Crippen molar-refractivity contribution in [1.29, 1.82) is 0 Å². The van der Waals surface area contributed by atoms with Crippen molar-refractivity contribution in [2.45, 2.75) is 39.3 Å². The summed E-state index contributed by atoms with van der Waals surface area (Å²) in [6.45, 7) is 7.52. The molecule has 0 saturated carbocycles. The minimum atomic E-state index is -0.801. The van der Waals surface area contributed by atoms with E-state index in [9.17, 15) is 14.4 Å². The molecule has 0 aromatic heterocycles. The second-order valence-corrected chi connectivity index (χ2v) is 5.83. The van der Waals surface area contributed by atoms with Crippen LogP contribution in [0.25, 0.3) is 0 Å². The van der Waals surface area contributed by atoms with E-state index >= 15 is 0 Å². The van der Waals surface area contributed by atoms with E-state index in [0.717, 1.165) is 0 Å². The standard InChI is InChI=1S/C13H22N2O5/c1-8(16)15-6-9(7-15)10(11(17)19-5)14-12(18)20-13(2,3)4/h9-10H,6-7H2,1-5H3,(H,14,18). The molecule has 1 N–H and O–H groups in total. The van der Waals surface area contributed by atoms with Gasteiger partial charge in [-0.05, 0) is 20.8 Å². The van der Waals surface area contributed by atoms with Gasteiger partial charge in [0.25, 0.3) is 0 Å². The third kappa shape index (κ3) is 4.40. The number of esters is 1. The van der Waals surface area contributed by atoms with Crippen LogP contribution in [-0.2, 0) is 19.1 Å². The molecule has 114 valence electrons. The fraction of sp³-hybridized carbons (Fsp3) is 0.769. The number of rotatable bonds is 3. The molecule has 0 aromatic rings. The fourth-order valence-corrected chi connectivity index (χ4v) is 1.91. The Hall–Kier alpha value is -1.79. The van der Waals surface area contributed by atoms with Crippen molar-refractivity contribution in [2.24, 2.45) is 5.92 Å². The van der Waals surface area contributed by atoms with Crippen LogP contribution >= 0.6 is 0 Å². The second kappa shape index (κ2) is 6.11. The lowest BCUT2D eigenvalue weighted by atomic mass is 9.91. The summed E-state index contributed by atoms with van der Waals surface area (Å²) < 4.78 is 9.80. The molecule has 1 fully saturated rings. The topological polar surface area (TPSA) is 84.9 Å². The summed E-state index contributed by atoms with van der Waals surface area (Å²) in [6, 6.07) is -0.801. The van der Waals surface area contributed by atoms with Crippen LogP contribution in [0.1, 0.15) is 27.7 Å². The van der Waals surface area contributed by atoms with E-state index < -0.39 is 23.7 Å². The van der Waals surface area contributed by atoms with E-state index in [1.165, 1.54) is 14.0 Å². The average molecular weight is 286 g/mol. The van der Waals surface area contributed by atoms with E-state index in [0.29, 0.717) is 13.1 Å². The van der Waals surface area contributed by atoms with Gasteiger partial charge in [0.1, 0.15) is 11.6 Å². The number of likely N-dealkylation sites (tertiary alicyclic amines) is 1. The number of hydrogen-bond donors (Lipinski definition) is 1. The molecule has 7 heteroatoms. The van der Waals surface area contributed by atoms with Crippen LogP contribution in [0.15, 0.2) is 0 Å². The summed E-state index contributed by atoms with van der Waals surface area (Å²) in [4.78, 5) is 36.2. The first-order valence-electron chi connectivity index (χ1n) is 6.47. The molecule has 1 aliphatic rings. The Morgan fingerprint density at radius 2 is 1.80 bits per heavy atom. The first kappa shape index (κ1) is 16.3. The predicted octanol–water partition coefficient (Wildman–Crippen LogP) is 0.531. The van der Waals surface area contributed by atoms with Gasteiger partial charge in [-0.15, -0.1) is 0 Å². The van der Waals surface area contributed by atoms with Gasteiger partial charge in [-0.2, -0.15) is 0 Å². The number of nitrogens with zero attached hydrogens (tertiary/aromatic N) is 1. The molecule has 0 radical (unpaired) electrons. The zero-order valence-electron chi connectivity index (χ0n) is 12.6. The number of carbonyl (C=O) groups excluding carboxylic acids is 3. The number of amides is 2. The highest BCUT2D eigenvalue weighted by Crippen LogP contribution is 2.20. The number of carbonyl (C=O) groups is 3. The summed E-state index contributed by atoms with van der Waals surface area (Å²) in [7, 11) is 1.26. The zero-order valence-corrected chi connectivity index (χ0v) is 12.6. The van der Waals surface area contributed by atoms with E-state index in [2.05, 4.69) is 10.1 Å². The van der Waals surface area contributed by atoms with Crippen LogP contribution in [0.3, 0.4) is 0 Å². The lowest BCUT2D eigenvalue weighted by Crippen LogP contribution is -2.60. The molecule has 0 aliphatic carbocycles. The van der Waals surface area contributed by atoms with Crippen molar-refractivity contribution in [3.63, 3.8) is 0 Å². The maximum atomic E-state index is 11.7. The van der Waals surface area contributed by atoms with Crippen LogP contribution < -0.4 is 5.32 Å². The molecular weight excluding hydrogens is 264 g/mol. The highest BCUT2D eigenvalue weighted by Gasteiger charge is 2.40. The van der Waals surface area contributed by atoms with Crippen molar-refractivity contribution in [2.75, 3.05) is 20.2 Å². The van der Waals surface area contributed by atoms with Crippen LogP contribution in [0, 0.1) is 5.92 Å². The number of ether oxygens (including phenoxy) is 2. The molecule has 1 unspecified atom stereocenters. The summed E-state index contributed by atoms with van der Waals surface area (Å²) in [5, 5.41) is 2.51. The molecule has 1 heterocycles. The fourth-order valence-electron chi connectivity index (χ4n) is 1.91. The molecular formula is C13H22N2O5. The van der Waals surface area contributed by atoms with Crippen LogP contribution in [0.2, 0.25) is 0 Å². The van der Waals surface area contributed by atoms with Crippen LogP contribution in [-0.4, -0.2) is 54.7 Å². The SMILES string of the molecule is COC(=O)C(NC(=O)OC(C)(C)C)C1CN(C(C)=O)C1. The van der Waals surface area contributed by atoms with E-state index in [1.807, 2.05) is 0 Å². The highest BCUT2D eigenvalue weighted by atomic mass is 16.6. The second-order valence-electron chi connectivity index (χ2n) is 5.83. The largest absolute Gasteiger partial charge is 0.467 e. The molecule has 1 saturated heterocycles. The zero-order chi connectivity index (χ0) is 15.5. The first-order chi connectivity index (χ1) is 9.14. The van der Waals surface area contributed by atoms with Gasteiger partial charge in [-0.25, -0.2) is 9.59 Å². The molecule has 1 atom stereocenters. The van der Waals surface area contributed by atoms with Gasteiger partial charge in [0.05, 0.1) is 7.11 Å². The Balaban J connectivity index is 2.61. The Labute approximate surface area is 118 Å². The van der Waals surface area contributed by atoms with Crippen LogP contribution in [0.5, 0.6) is 0 Å². The number of nitrogens with one attached hydrogen (secondary N) is 1. The molecule has 7 nitrogen and oxygen atoms in total. The quantitative estimate of drug-likeness (QED) is 0.765. The molecule has 0 aromatic carbocycles. The number of alkyl carbamates (subject to hydrolysis) is 1. The molecule has 0 bridgehead atoms. The molecule has 0 spiro atoms. The minimum absolute atomic E-state index is 0.0536. The number of hydrogen-bond acceptors (Lipinski definition) is 5. The smallest absolute Gasteiger partial charge is 0.408 e. The Morgan fingerprint density at radius 3 is 2.20 bits per heavy atom. The van der Waals surface area contributed by atoms with Crippen molar-refractivity contribution in [1.82, 2.24) is 10.2 Å². The summed E-state index contributed by atoms with van der Waals surface area (Å²) in [6.07, 6.45) is -0.672. The Bertz CT molecular complexity index is 396. The van der Waals surface area contributed by atoms with Gasteiger partial charge in [0.15, 0.2) is 0 Å². The lowest BCUT2D eigenvalue weighted by molar-refractivity contribution is -0.150. The van der Waals surface area contributed by atoms with E-state index in [1.54, 1.807) is 25.7 Å². The Morgan fingerprint density at radius 1 is 1.25 bits per heavy atom. The van der Waals surface area contributed by atoms with Crippen molar-refractivity contribution in [3.05, 3.63) is 0 Å². The normalized spacial score (nSPS) is 16.9. The molecule has 2 amide bonds. The van der Waals surface area contributed by atoms with Gasteiger partial charge < -0.3 is 19.7 Å². The molecule has 20 heavy (non-hydrogen) atoms. The van der Waals surface area contributed by atoms with Crippen molar-refractivity contribution in [3.8, 4) is 0 Å². The highest BCUT2D eigenvalue weighted by molar-refractivity contribution is 5.82.